The zero-order chi connectivity index (χ0) is 24.3. The monoisotopic (exact) mass is 486 g/mol. The molecule has 3 atom stereocenters. The molecular weight excluding hydrogens is 448 g/mol. The van der Waals surface area contributed by atoms with Crippen LogP contribution in [0.15, 0.2) is 48.5 Å². The van der Waals surface area contributed by atoms with Gasteiger partial charge in [-0.05, 0) is 55.9 Å². The van der Waals surface area contributed by atoms with E-state index in [1.807, 2.05) is 19.1 Å². The van der Waals surface area contributed by atoms with Crippen molar-refractivity contribution in [2.45, 2.75) is 64.1 Å². The van der Waals surface area contributed by atoms with Crippen LogP contribution in [0.2, 0.25) is 0 Å². The molecule has 6 nitrogen and oxygen atoms in total. The van der Waals surface area contributed by atoms with Crippen LogP contribution in [-0.2, 0) is 16.6 Å². The van der Waals surface area contributed by atoms with Crippen molar-refractivity contribution in [3.05, 3.63) is 59.7 Å². The number of methoxy groups -OCH3 is 1. The molecule has 0 spiro atoms. The molecule has 2 fully saturated rings. The number of ether oxygens (including phenoxy) is 2. The Morgan fingerprint density at radius 1 is 1.12 bits per heavy atom. The summed E-state index contributed by atoms with van der Waals surface area (Å²) in [5.41, 5.74) is 2.13. The molecule has 34 heavy (non-hydrogen) atoms. The first kappa shape index (κ1) is 25.0. The van der Waals surface area contributed by atoms with E-state index in [-0.39, 0.29) is 23.5 Å². The lowest BCUT2D eigenvalue weighted by Crippen LogP contribution is -2.47. The SMILES string of the molecule is COc1ccc([C@@H]2CN(Cc3ccccc3)C[C@@]2(C)C(C)NS(C)(=O)=O)cc1OC1CCCC1. The molecule has 0 radical (unpaired) electrons. The molecule has 1 unspecified atom stereocenters. The van der Waals surface area contributed by atoms with E-state index in [1.54, 1.807) is 7.11 Å². The number of hydrogen-bond acceptors (Lipinski definition) is 5. The van der Waals surface area contributed by atoms with Crippen LogP contribution in [0.25, 0.3) is 0 Å². The topological polar surface area (TPSA) is 67.9 Å². The molecule has 2 aromatic rings. The molecule has 186 valence electrons. The Hall–Kier alpha value is -2.09. The predicted octanol–water partition coefficient (Wildman–Crippen LogP) is 4.56. The molecule has 2 aliphatic rings. The van der Waals surface area contributed by atoms with Gasteiger partial charge in [0.1, 0.15) is 0 Å². The van der Waals surface area contributed by atoms with Gasteiger partial charge in [0.25, 0.3) is 0 Å². The van der Waals surface area contributed by atoms with Crippen LogP contribution >= 0.6 is 0 Å². The number of rotatable bonds is 9. The average molecular weight is 487 g/mol. The van der Waals surface area contributed by atoms with Crippen LogP contribution in [0, 0.1) is 5.41 Å². The summed E-state index contributed by atoms with van der Waals surface area (Å²) in [6.45, 7) is 6.66. The van der Waals surface area contributed by atoms with Crippen LogP contribution in [0.3, 0.4) is 0 Å². The van der Waals surface area contributed by atoms with Gasteiger partial charge in [0.05, 0.1) is 19.5 Å². The summed E-state index contributed by atoms with van der Waals surface area (Å²) in [5, 5.41) is 0. The van der Waals surface area contributed by atoms with E-state index in [4.69, 9.17) is 9.47 Å². The van der Waals surface area contributed by atoms with Gasteiger partial charge in [-0.3, -0.25) is 4.90 Å². The van der Waals surface area contributed by atoms with Crippen molar-refractivity contribution in [3.8, 4) is 11.5 Å². The first-order valence-electron chi connectivity index (χ1n) is 12.3. The van der Waals surface area contributed by atoms with E-state index in [0.29, 0.717) is 0 Å². The fourth-order valence-electron chi connectivity index (χ4n) is 5.65. The van der Waals surface area contributed by atoms with Crippen LogP contribution in [0.4, 0.5) is 0 Å². The molecule has 1 saturated carbocycles. The van der Waals surface area contributed by atoms with E-state index >= 15 is 0 Å². The fourth-order valence-corrected chi connectivity index (χ4v) is 6.57. The molecule has 0 amide bonds. The lowest BCUT2D eigenvalue weighted by atomic mass is 9.71. The second-order valence-corrected chi connectivity index (χ2v) is 12.0. The van der Waals surface area contributed by atoms with Gasteiger partial charge in [0.2, 0.25) is 10.0 Å². The number of benzene rings is 2. The van der Waals surface area contributed by atoms with E-state index in [1.165, 1.54) is 24.7 Å². The molecule has 0 bridgehead atoms. The molecule has 1 saturated heterocycles. The third kappa shape index (κ3) is 5.75. The van der Waals surface area contributed by atoms with E-state index in [0.717, 1.165) is 49.5 Å². The molecule has 4 rings (SSSR count). The summed E-state index contributed by atoms with van der Waals surface area (Å²) in [7, 11) is -1.65. The van der Waals surface area contributed by atoms with Gasteiger partial charge in [-0.1, -0.05) is 43.3 Å². The van der Waals surface area contributed by atoms with Crippen molar-refractivity contribution in [1.29, 1.82) is 0 Å². The van der Waals surface area contributed by atoms with Gasteiger partial charge in [-0.15, -0.1) is 0 Å². The minimum absolute atomic E-state index is 0.136. The van der Waals surface area contributed by atoms with Gasteiger partial charge in [0.15, 0.2) is 11.5 Å². The van der Waals surface area contributed by atoms with Crippen LogP contribution in [-0.4, -0.2) is 51.9 Å². The summed E-state index contributed by atoms with van der Waals surface area (Å²) in [5.74, 6) is 1.68. The maximum Gasteiger partial charge on any atom is 0.208 e. The number of likely N-dealkylation sites (tertiary alicyclic amines) is 1. The quantitative estimate of drug-likeness (QED) is 0.563. The van der Waals surface area contributed by atoms with Crippen molar-refractivity contribution in [3.63, 3.8) is 0 Å². The van der Waals surface area contributed by atoms with Crippen molar-refractivity contribution in [2.75, 3.05) is 26.5 Å². The highest BCUT2D eigenvalue weighted by Gasteiger charge is 2.48. The van der Waals surface area contributed by atoms with E-state index in [2.05, 4.69) is 52.9 Å². The zero-order valence-electron chi connectivity index (χ0n) is 20.8. The van der Waals surface area contributed by atoms with Crippen molar-refractivity contribution < 1.29 is 17.9 Å². The molecule has 0 aromatic heterocycles. The van der Waals surface area contributed by atoms with Gasteiger partial charge >= 0.3 is 0 Å². The highest BCUT2D eigenvalue weighted by atomic mass is 32.2. The van der Waals surface area contributed by atoms with Gasteiger partial charge in [0, 0.05) is 37.0 Å². The van der Waals surface area contributed by atoms with Crippen molar-refractivity contribution >= 4 is 10.0 Å². The summed E-state index contributed by atoms with van der Waals surface area (Å²) in [6.07, 6.45) is 6.04. The fraction of sp³-hybridized carbons (Fsp3) is 0.556. The first-order valence-corrected chi connectivity index (χ1v) is 14.2. The number of nitrogens with zero attached hydrogens (tertiary/aromatic N) is 1. The number of nitrogens with one attached hydrogen (secondary N) is 1. The standard InChI is InChI=1S/C27H38N2O4S/c1-20(28-34(4,30)31)27(2)19-29(17-21-10-6-5-7-11-21)18-24(27)22-14-15-25(32-3)26(16-22)33-23-12-8-9-13-23/h5-7,10-11,14-16,20,23-24,28H,8-9,12-13,17-19H2,1-4H3/t20?,24-,27-/m0/s1. The Kier molecular flexibility index (Phi) is 7.55. The van der Waals surface area contributed by atoms with Crippen LogP contribution in [0.5, 0.6) is 11.5 Å². The smallest absolute Gasteiger partial charge is 0.208 e. The molecule has 1 aliphatic carbocycles. The van der Waals surface area contributed by atoms with E-state index < -0.39 is 10.0 Å². The first-order chi connectivity index (χ1) is 16.2. The Labute approximate surface area is 204 Å². The van der Waals surface area contributed by atoms with Gasteiger partial charge < -0.3 is 9.47 Å². The lowest BCUT2D eigenvalue weighted by Gasteiger charge is -2.37. The largest absolute Gasteiger partial charge is 0.493 e. The Morgan fingerprint density at radius 3 is 2.47 bits per heavy atom. The Bertz CT molecular complexity index is 1070. The maximum absolute atomic E-state index is 12.1. The Morgan fingerprint density at radius 2 is 1.82 bits per heavy atom. The molecule has 7 heteroatoms. The second-order valence-electron chi connectivity index (χ2n) is 10.3. The normalized spacial score (nSPS) is 24.9. The maximum atomic E-state index is 12.1. The molecule has 1 N–H and O–H groups in total. The molecule has 1 heterocycles. The highest BCUT2D eigenvalue weighted by molar-refractivity contribution is 7.88. The van der Waals surface area contributed by atoms with Crippen molar-refractivity contribution in [2.24, 2.45) is 5.41 Å². The summed E-state index contributed by atoms with van der Waals surface area (Å²) < 4.78 is 39.1. The minimum atomic E-state index is -3.33. The van der Waals surface area contributed by atoms with Gasteiger partial charge in [-0.25, -0.2) is 13.1 Å². The molecule has 2 aromatic carbocycles. The molecular formula is C27H38N2O4S. The van der Waals surface area contributed by atoms with Gasteiger partial charge in [-0.2, -0.15) is 0 Å². The lowest BCUT2D eigenvalue weighted by molar-refractivity contribution is 0.199. The average Bonchev–Trinajstić information content (AvgIpc) is 3.41. The predicted molar refractivity (Wildman–Crippen MR) is 136 cm³/mol. The summed E-state index contributed by atoms with van der Waals surface area (Å²) >= 11 is 0. The summed E-state index contributed by atoms with van der Waals surface area (Å²) in [6, 6.07) is 16.4. The Balaban J connectivity index is 1.65. The summed E-state index contributed by atoms with van der Waals surface area (Å²) in [4.78, 5) is 2.43. The van der Waals surface area contributed by atoms with Crippen molar-refractivity contribution in [1.82, 2.24) is 9.62 Å². The molecule has 1 aliphatic heterocycles. The highest BCUT2D eigenvalue weighted by Crippen LogP contribution is 2.47. The number of hydrogen-bond donors (Lipinski definition) is 1. The third-order valence-corrected chi connectivity index (χ3v) is 8.40. The zero-order valence-corrected chi connectivity index (χ0v) is 21.6. The third-order valence-electron chi connectivity index (χ3n) is 7.62. The van der Waals surface area contributed by atoms with E-state index in [9.17, 15) is 8.42 Å². The second kappa shape index (κ2) is 10.3. The minimum Gasteiger partial charge on any atom is -0.493 e. The van der Waals surface area contributed by atoms with Crippen LogP contribution in [0.1, 0.15) is 56.6 Å². The van der Waals surface area contributed by atoms with Crippen LogP contribution < -0.4 is 14.2 Å². The number of sulfonamides is 1.